The fourth-order valence-corrected chi connectivity index (χ4v) is 2.09. The number of ether oxygens (including phenoxy) is 2. The van der Waals surface area contributed by atoms with E-state index in [1.54, 1.807) is 6.92 Å². The van der Waals surface area contributed by atoms with Gasteiger partial charge in [0.05, 0.1) is 0 Å². The minimum Gasteiger partial charge on any atom is -0.427 e. The fraction of sp³-hybridized carbons (Fsp3) is 0.214. The quantitative estimate of drug-likeness (QED) is 0.704. The standard InChI is InChI=1S/C14H12O3/c1-14(16-9-13(15)17-14)12-7-6-10-4-2-3-5-11(10)8-12/h2-8H,9H2,1H3. The molecule has 2 aromatic carbocycles. The first-order chi connectivity index (χ1) is 8.17. The number of carbonyl (C=O) groups is 1. The fourth-order valence-electron chi connectivity index (χ4n) is 2.09. The topological polar surface area (TPSA) is 35.5 Å². The van der Waals surface area contributed by atoms with Crippen molar-refractivity contribution < 1.29 is 14.3 Å². The third-order valence-corrected chi connectivity index (χ3v) is 3.05. The molecule has 86 valence electrons. The van der Waals surface area contributed by atoms with Crippen molar-refractivity contribution in [3.8, 4) is 0 Å². The van der Waals surface area contributed by atoms with Crippen LogP contribution in [0.1, 0.15) is 12.5 Å². The first-order valence-electron chi connectivity index (χ1n) is 5.52. The Bertz CT molecular complexity index is 591. The van der Waals surface area contributed by atoms with Crippen molar-refractivity contribution in [1.29, 1.82) is 0 Å². The molecule has 1 atom stereocenters. The van der Waals surface area contributed by atoms with E-state index >= 15 is 0 Å². The molecule has 0 spiro atoms. The second-order valence-electron chi connectivity index (χ2n) is 4.27. The highest BCUT2D eigenvalue weighted by atomic mass is 16.8. The minimum absolute atomic E-state index is 0.0172. The van der Waals surface area contributed by atoms with E-state index in [1.807, 2.05) is 42.5 Å². The molecule has 1 aliphatic rings. The molecule has 0 N–H and O–H groups in total. The lowest BCUT2D eigenvalue weighted by atomic mass is 10.0. The lowest BCUT2D eigenvalue weighted by molar-refractivity contribution is -0.170. The van der Waals surface area contributed by atoms with Crippen LogP contribution in [0.25, 0.3) is 10.8 Å². The molecule has 3 rings (SSSR count). The summed E-state index contributed by atoms with van der Waals surface area (Å²) in [4.78, 5) is 11.1. The van der Waals surface area contributed by atoms with Crippen LogP contribution in [0.5, 0.6) is 0 Å². The van der Waals surface area contributed by atoms with Crippen LogP contribution in [0.3, 0.4) is 0 Å². The summed E-state index contributed by atoms with van der Waals surface area (Å²) >= 11 is 0. The monoisotopic (exact) mass is 228 g/mol. The normalized spacial score (nSPS) is 23.9. The van der Waals surface area contributed by atoms with Gasteiger partial charge in [-0.05, 0) is 16.8 Å². The van der Waals surface area contributed by atoms with E-state index in [-0.39, 0.29) is 12.6 Å². The summed E-state index contributed by atoms with van der Waals surface area (Å²) in [7, 11) is 0. The predicted octanol–water partition coefficient (Wildman–Crippen LogP) is 2.59. The molecule has 0 aromatic heterocycles. The van der Waals surface area contributed by atoms with E-state index in [2.05, 4.69) is 0 Å². The first-order valence-corrected chi connectivity index (χ1v) is 5.52. The van der Waals surface area contributed by atoms with Crippen molar-refractivity contribution in [1.82, 2.24) is 0 Å². The highest BCUT2D eigenvalue weighted by Crippen LogP contribution is 2.33. The molecule has 3 heteroatoms. The van der Waals surface area contributed by atoms with Gasteiger partial charge in [0, 0.05) is 12.5 Å². The maximum atomic E-state index is 11.1. The third-order valence-electron chi connectivity index (χ3n) is 3.05. The van der Waals surface area contributed by atoms with Gasteiger partial charge in [-0.1, -0.05) is 36.4 Å². The maximum Gasteiger partial charge on any atom is 0.335 e. The molecule has 1 heterocycles. The van der Waals surface area contributed by atoms with Crippen molar-refractivity contribution >= 4 is 16.7 Å². The molecule has 1 unspecified atom stereocenters. The van der Waals surface area contributed by atoms with Crippen LogP contribution >= 0.6 is 0 Å². The Hall–Kier alpha value is -1.87. The first kappa shape index (κ1) is 10.3. The zero-order chi connectivity index (χ0) is 11.9. The number of benzene rings is 2. The summed E-state index contributed by atoms with van der Waals surface area (Å²) in [5, 5.41) is 2.27. The van der Waals surface area contributed by atoms with E-state index in [0.717, 1.165) is 16.3 Å². The van der Waals surface area contributed by atoms with Gasteiger partial charge in [-0.3, -0.25) is 0 Å². The van der Waals surface area contributed by atoms with Gasteiger partial charge in [0.25, 0.3) is 0 Å². The van der Waals surface area contributed by atoms with Gasteiger partial charge in [-0.2, -0.15) is 0 Å². The lowest BCUT2D eigenvalue weighted by Crippen LogP contribution is -2.22. The number of hydrogen-bond donors (Lipinski definition) is 0. The van der Waals surface area contributed by atoms with Crippen LogP contribution in [0, 0.1) is 0 Å². The van der Waals surface area contributed by atoms with Crippen LogP contribution in [0.2, 0.25) is 0 Å². The minimum atomic E-state index is -0.943. The van der Waals surface area contributed by atoms with Gasteiger partial charge in [-0.25, -0.2) is 4.79 Å². The van der Waals surface area contributed by atoms with Crippen molar-refractivity contribution in [3.05, 3.63) is 48.0 Å². The lowest BCUT2D eigenvalue weighted by Gasteiger charge is -2.22. The highest BCUT2D eigenvalue weighted by Gasteiger charge is 2.38. The van der Waals surface area contributed by atoms with Crippen LogP contribution in [-0.2, 0) is 20.1 Å². The molecule has 0 amide bonds. The summed E-state index contributed by atoms with van der Waals surface area (Å²) in [5.41, 5.74) is 0.863. The molecular weight excluding hydrogens is 216 g/mol. The maximum absolute atomic E-state index is 11.1. The third kappa shape index (κ3) is 1.68. The zero-order valence-corrected chi connectivity index (χ0v) is 9.47. The molecule has 1 fully saturated rings. The molecule has 1 aliphatic heterocycles. The number of hydrogen-bond acceptors (Lipinski definition) is 3. The summed E-state index contributed by atoms with van der Waals surface area (Å²) in [6.45, 7) is 1.78. The second-order valence-corrected chi connectivity index (χ2v) is 4.27. The molecular formula is C14H12O3. The Morgan fingerprint density at radius 2 is 1.88 bits per heavy atom. The van der Waals surface area contributed by atoms with Gasteiger partial charge in [0.1, 0.15) is 6.61 Å². The van der Waals surface area contributed by atoms with E-state index < -0.39 is 5.79 Å². The van der Waals surface area contributed by atoms with Crippen LogP contribution in [0.4, 0.5) is 0 Å². The largest absolute Gasteiger partial charge is 0.427 e. The number of carbonyl (C=O) groups excluding carboxylic acids is 1. The molecule has 0 bridgehead atoms. The Balaban J connectivity index is 2.09. The molecule has 1 saturated heterocycles. The summed E-state index contributed by atoms with van der Waals surface area (Å²) in [6.07, 6.45) is 0. The van der Waals surface area contributed by atoms with Gasteiger partial charge < -0.3 is 9.47 Å². The highest BCUT2D eigenvalue weighted by molar-refractivity contribution is 5.83. The number of cyclic esters (lactones) is 1. The predicted molar refractivity (Wildman–Crippen MR) is 63.3 cm³/mol. The van der Waals surface area contributed by atoms with Gasteiger partial charge in [0.15, 0.2) is 0 Å². The van der Waals surface area contributed by atoms with E-state index in [0.29, 0.717) is 0 Å². The van der Waals surface area contributed by atoms with Gasteiger partial charge >= 0.3 is 5.97 Å². The summed E-state index contributed by atoms with van der Waals surface area (Å²) in [6, 6.07) is 14.0. The Labute approximate surface area is 99.0 Å². The van der Waals surface area contributed by atoms with E-state index in [9.17, 15) is 4.79 Å². The van der Waals surface area contributed by atoms with Crippen molar-refractivity contribution in [2.24, 2.45) is 0 Å². The van der Waals surface area contributed by atoms with Gasteiger partial charge in [0.2, 0.25) is 5.79 Å². The molecule has 2 aromatic rings. The Kier molecular flexibility index (Phi) is 2.16. The molecule has 17 heavy (non-hydrogen) atoms. The molecule has 0 radical (unpaired) electrons. The summed E-state index contributed by atoms with van der Waals surface area (Å²) in [5.74, 6) is -1.26. The zero-order valence-electron chi connectivity index (χ0n) is 9.47. The van der Waals surface area contributed by atoms with Crippen molar-refractivity contribution in [3.63, 3.8) is 0 Å². The van der Waals surface area contributed by atoms with E-state index in [4.69, 9.17) is 9.47 Å². The number of rotatable bonds is 1. The number of fused-ring (bicyclic) bond motifs is 1. The van der Waals surface area contributed by atoms with E-state index in [1.165, 1.54) is 0 Å². The average Bonchev–Trinajstić information content (AvgIpc) is 2.70. The summed E-state index contributed by atoms with van der Waals surface area (Å²) < 4.78 is 10.6. The number of esters is 1. The molecule has 0 saturated carbocycles. The molecule has 0 aliphatic carbocycles. The van der Waals surface area contributed by atoms with Crippen LogP contribution < -0.4 is 0 Å². The van der Waals surface area contributed by atoms with Crippen molar-refractivity contribution in [2.45, 2.75) is 12.7 Å². The Morgan fingerprint density at radius 1 is 1.12 bits per heavy atom. The van der Waals surface area contributed by atoms with Crippen LogP contribution in [-0.4, -0.2) is 12.6 Å². The Morgan fingerprint density at radius 3 is 2.59 bits per heavy atom. The van der Waals surface area contributed by atoms with Gasteiger partial charge in [-0.15, -0.1) is 0 Å². The molecule has 3 nitrogen and oxygen atoms in total. The second kappa shape index (κ2) is 3.57. The SMILES string of the molecule is CC1(c2ccc3ccccc3c2)OCC(=O)O1. The van der Waals surface area contributed by atoms with Crippen molar-refractivity contribution in [2.75, 3.05) is 6.61 Å². The van der Waals surface area contributed by atoms with Crippen LogP contribution in [0.15, 0.2) is 42.5 Å². The average molecular weight is 228 g/mol. The smallest absolute Gasteiger partial charge is 0.335 e.